The maximum absolute atomic E-state index is 5.93. The minimum Gasteiger partial charge on any atom is -0.494 e. The number of aryl methyl sites for hydroxylation is 2. The van der Waals surface area contributed by atoms with Crippen molar-refractivity contribution in [2.24, 2.45) is 0 Å². The number of aromatic nitrogens is 2. The molecule has 0 amide bonds. The van der Waals surface area contributed by atoms with Gasteiger partial charge in [0.1, 0.15) is 11.6 Å². The van der Waals surface area contributed by atoms with Gasteiger partial charge in [0.05, 0.1) is 37.4 Å². The molecule has 1 aliphatic heterocycles. The van der Waals surface area contributed by atoms with E-state index in [9.17, 15) is 0 Å². The Morgan fingerprint density at radius 3 is 2.71 bits per heavy atom. The minimum atomic E-state index is 0. The van der Waals surface area contributed by atoms with Crippen LogP contribution in [0, 0.1) is 6.92 Å². The third-order valence-electron chi connectivity index (χ3n) is 4.99. The van der Waals surface area contributed by atoms with Crippen LogP contribution in [0.25, 0.3) is 11.0 Å². The van der Waals surface area contributed by atoms with Crippen molar-refractivity contribution in [1.82, 2.24) is 14.5 Å². The van der Waals surface area contributed by atoms with E-state index in [0.717, 1.165) is 62.9 Å². The first-order valence-corrected chi connectivity index (χ1v) is 9.73. The molecule has 0 bridgehead atoms. The van der Waals surface area contributed by atoms with Crippen LogP contribution >= 0.6 is 12.4 Å². The number of imidazole rings is 1. The second kappa shape index (κ2) is 9.92. The van der Waals surface area contributed by atoms with E-state index >= 15 is 0 Å². The highest BCUT2D eigenvalue weighted by Gasteiger charge is 2.16. The van der Waals surface area contributed by atoms with Crippen molar-refractivity contribution in [3.63, 3.8) is 0 Å². The predicted octanol–water partition coefficient (Wildman–Crippen LogP) is 4.07. The van der Waals surface area contributed by atoms with Gasteiger partial charge in [-0.25, -0.2) is 4.98 Å². The Morgan fingerprint density at radius 2 is 1.89 bits per heavy atom. The smallest absolute Gasteiger partial charge is 0.124 e. The molecular formula is C22H28ClN3O2. The standard InChI is InChI=1S/C22H27N3O2.ClH/c1-18-6-4-7-19(16-18)27-13-5-10-25-21-9-3-2-8-20(21)23-22(25)17-24-11-14-26-15-12-24;/h2-4,6-9,16H,5,10-15,17H2,1H3;1H. The minimum absolute atomic E-state index is 0. The van der Waals surface area contributed by atoms with E-state index in [2.05, 4.69) is 52.8 Å². The summed E-state index contributed by atoms with van der Waals surface area (Å²) < 4.78 is 13.7. The summed E-state index contributed by atoms with van der Waals surface area (Å²) in [6.07, 6.45) is 0.949. The molecule has 150 valence electrons. The average Bonchev–Trinajstić information content (AvgIpc) is 3.03. The molecule has 1 saturated heterocycles. The fourth-order valence-corrected chi connectivity index (χ4v) is 3.57. The van der Waals surface area contributed by atoms with E-state index in [1.54, 1.807) is 0 Å². The number of ether oxygens (including phenoxy) is 2. The van der Waals surface area contributed by atoms with E-state index in [1.165, 1.54) is 11.1 Å². The van der Waals surface area contributed by atoms with E-state index in [0.29, 0.717) is 6.61 Å². The molecule has 0 radical (unpaired) electrons. The van der Waals surface area contributed by atoms with Crippen molar-refractivity contribution in [3.05, 3.63) is 59.9 Å². The lowest BCUT2D eigenvalue weighted by Crippen LogP contribution is -2.36. The van der Waals surface area contributed by atoms with Gasteiger partial charge in [0, 0.05) is 19.6 Å². The van der Waals surface area contributed by atoms with Crippen LogP contribution in [0.2, 0.25) is 0 Å². The molecular weight excluding hydrogens is 374 g/mol. The lowest BCUT2D eigenvalue weighted by molar-refractivity contribution is 0.0326. The number of halogens is 1. The van der Waals surface area contributed by atoms with Crippen LogP contribution in [0.3, 0.4) is 0 Å². The molecule has 0 unspecified atom stereocenters. The number of nitrogens with zero attached hydrogens (tertiary/aromatic N) is 3. The molecule has 3 aromatic rings. The monoisotopic (exact) mass is 401 g/mol. The number of morpholine rings is 1. The highest BCUT2D eigenvalue weighted by Crippen LogP contribution is 2.19. The Kier molecular flexibility index (Phi) is 7.31. The number of rotatable bonds is 7. The lowest BCUT2D eigenvalue weighted by Gasteiger charge is -2.26. The normalized spacial score (nSPS) is 14.8. The zero-order valence-electron chi connectivity index (χ0n) is 16.3. The first-order valence-electron chi connectivity index (χ1n) is 9.73. The van der Waals surface area contributed by atoms with E-state index in [-0.39, 0.29) is 12.4 Å². The van der Waals surface area contributed by atoms with Gasteiger partial charge < -0.3 is 14.0 Å². The van der Waals surface area contributed by atoms with Gasteiger partial charge >= 0.3 is 0 Å². The first-order chi connectivity index (χ1) is 13.3. The zero-order valence-corrected chi connectivity index (χ0v) is 17.2. The zero-order chi connectivity index (χ0) is 18.5. The van der Waals surface area contributed by atoms with Crippen molar-refractivity contribution in [1.29, 1.82) is 0 Å². The Labute approximate surface area is 172 Å². The summed E-state index contributed by atoms with van der Waals surface area (Å²) in [5.74, 6) is 2.08. The third-order valence-corrected chi connectivity index (χ3v) is 4.99. The van der Waals surface area contributed by atoms with Crippen LogP contribution in [0.5, 0.6) is 5.75 Å². The molecule has 1 aromatic heterocycles. The Balaban J connectivity index is 0.00000225. The highest BCUT2D eigenvalue weighted by molar-refractivity contribution is 5.85. The third kappa shape index (κ3) is 5.04. The van der Waals surface area contributed by atoms with Crippen molar-refractivity contribution >= 4 is 23.4 Å². The highest BCUT2D eigenvalue weighted by atomic mass is 35.5. The van der Waals surface area contributed by atoms with Crippen LogP contribution in [0.1, 0.15) is 17.8 Å². The molecule has 1 aliphatic rings. The van der Waals surface area contributed by atoms with Crippen LogP contribution in [0.15, 0.2) is 48.5 Å². The van der Waals surface area contributed by atoms with Crippen LogP contribution in [-0.2, 0) is 17.8 Å². The number of para-hydroxylation sites is 2. The van der Waals surface area contributed by atoms with E-state index in [4.69, 9.17) is 14.5 Å². The number of hydrogen-bond donors (Lipinski definition) is 0. The molecule has 0 spiro atoms. The molecule has 1 fully saturated rings. The summed E-state index contributed by atoms with van der Waals surface area (Å²) >= 11 is 0. The van der Waals surface area contributed by atoms with Crippen LogP contribution in [0.4, 0.5) is 0 Å². The van der Waals surface area contributed by atoms with Crippen molar-refractivity contribution in [2.45, 2.75) is 26.4 Å². The maximum atomic E-state index is 5.93. The van der Waals surface area contributed by atoms with Crippen molar-refractivity contribution in [3.8, 4) is 5.75 Å². The largest absolute Gasteiger partial charge is 0.494 e. The fraction of sp³-hybridized carbons (Fsp3) is 0.409. The molecule has 2 aromatic carbocycles. The molecule has 0 atom stereocenters. The van der Waals surface area contributed by atoms with E-state index < -0.39 is 0 Å². The summed E-state index contributed by atoms with van der Waals surface area (Å²) in [6, 6.07) is 16.6. The molecule has 28 heavy (non-hydrogen) atoms. The van der Waals surface area contributed by atoms with Gasteiger partial charge in [-0.1, -0.05) is 24.3 Å². The molecule has 5 nitrogen and oxygen atoms in total. The second-order valence-electron chi connectivity index (χ2n) is 7.08. The van der Waals surface area contributed by atoms with Gasteiger partial charge in [-0.2, -0.15) is 0 Å². The summed E-state index contributed by atoms with van der Waals surface area (Å²) in [7, 11) is 0. The van der Waals surface area contributed by atoms with Crippen molar-refractivity contribution < 1.29 is 9.47 Å². The Hall–Kier alpha value is -2.08. The second-order valence-corrected chi connectivity index (χ2v) is 7.08. The van der Waals surface area contributed by atoms with Gasteiger partial charge in [0.25, 0.3) is 0 Å². The summed E-state index contributed by atoms with van der Waals surface area (Å²) in [4.78, 5) is 7.32. The molecule has 4 rings (SSSR count). The molecule has 2 heterocycles. The summed E-state index contributed by atoms with van der Waals surface area (Å²) in [5.41, 5.74) is 3.50. The maximum Gasteiger partial charge on any atom is 0.124 e. The topological polar surface area (TPSA) is 39.5 Å². The number of fused-ring (bicyclic) bond motifs is 1. The molecule has 0 N–H and O–H groups in total. The summed E-state index contributed by atoms with van der Waals surface area (Å²) in [6.45, 7) is 8.13. The van der Waals surface area contributed by atoms with E-state index in [1.807, 2.05) is 12.1 Å². The Morgan fingerprint density at radius 1 is 1.07 bits per heavy atom. The fourth-order valence-electron chi connectivity index (χ4n) is 3.57. The predicted molar refractivity (Wildman–Crippen MR) is 114 cm³/mol. The lowest BCUT2D eigenvalue weighted by atomic mass is 10.2. The van der Waals surface area contributed by atoms with Gasteiger partial charge in [-0.05, 0) is 43.2 Å². The van der Waals surface area contributed by atoms with Crippen LogP contribution < -0.4 is 4.74 Å². The first kappa shape index (κ1) is 20.6. The SMILES string of the molecule is Cc1cccc(OCCCn2c(CN3CCOCC3)nc3ccccc32)c1.Cl. The van der Waals surface area contributed by atoms with Crippen LogP contribution in [-0.4, -0.2) is 47.4 Å². The molecule has 0 saturated carbocycles. The molecule has 6 heteroatoms. The molecule has 0 aliphatic carbocycles. The summed E-state index contributed by atoms with van der Waals surface area (Å²) in [5, 5.41) is 0. The average molecular weight is 402 g/mol. The van der Waals surface area contributed by atoms with Crippen molar-refractivity contribution in [2.75, 3.05) is 32.9 Å². The van der Waals surface area contributed by atoms with Gasteiger partial charge in [0.15, 0.2) is 0 Å². The quantitative estimate of drug-likeness (QED) is 0.559. The van der Waals surface area contributed by atoms with Gasteiger partial charge in [-0.15, -0.1) is 12.4 Å². The number of benzene rings is 2. The Bertz CT molecular complexity index is 890. The number of hydrogen-bond acceptors (Lipinski definition) is 4. The van der Waals surface area contributed by atoms with Gasteiger partial charge in [-0.3, -0.25) is 4.90 Å². The van der Waals surface area contributed by atoms with Gasteiger partial charge in [0.2, 0.25) is 0 Å².